The van der Waals surface area contributed by atoms with Gasteiger partial charge in [0.15, 0.2) is 0 Å². The zero-order chi connectivity index (χ0) is 18.9. The molecule has 0 aliphatic carbocycles. The Kier molecular flexibility index (Phi) is 4.64. The zero-order valence-corrected chi connectivity index (χ0v) is 15.9. The van der Waals surface area contributed by atoms with Gasteiger partial charge >= 0.3 is 0 Å². The Morgan fingerprint density at radius 2 is 1.50 bits per heavy atom. The van der Waals surface area contributed by atoms with E-state index in [2.05, 4.69) is 36.3 Å². The van der Waals surface area contributed by atoms with Crippen LogP contribution < -0.4 is 5.32 Å². The number of amides is 1. The minimum Gasteiger partial charge on any atom is -0.322 e. The second-order valence-corrected chi connectivity index (χ2v) is 7.61. The monoisotopic (exact) mass is 348 g/mol. The molecule has 2 aromatic carbocycles. The van der Waals surface area contributed by atoms with Crippen LogP contribution in [-0.4, -0.2) is 20.7 Å². The molecule has 0 spiro atoms. The highest BCUT2D eigenvalue weighted by molar-refractivity contribution is 6.05. The lowest BCUT2D eigenvalue weighted by Crippen LogP contribution is -2.15. The Labute approximate surface area is 154 Å². The third kappa shape index (κ3) is 3.67. The van der Waals surface area contributed by atoms with Crippen molar-refractivity contribution in [2.75, 3.05) is 5.32 Å². The van der Waals surface area contributed by atoms with Crippen molar-refractivity contribution in [3.63, 3.8) is 0 Å². The average Bonchev–Trinajstić information content (AvgIpc) is 3.11. The third-order valence-electron chi connectivity index (χ3n) is 4.49. The van der Waals surface area contributed by atoms with E-state index in [0.717, 1.165) is 22.5 Å². The molecule has 0 radical (unpaired) electrons. The first-order chi connectivity index (χ1) is 12.3. The quantitative estimate of drug-likeness (QED) is 0.761. The molecule has 0 saturated carbocycles. The molecule has 5 nitrogen and oxygen atoms in total. The molecular formula is C21H24N4O. The predicted molar refractivity (Wildman–Crippen MR) is 104 cm³/mol. The number of rotatable bonds is 3. The molecular weight excluding hydrogens is 324 g/mol. The molecule has 1 heterocycles. The third-order valence-corrected chi connectivity index (χ3v) is 4.49. The maximum atomic E-state index is 12.7. The molecule has 1 aromatic heterocycles. The summed E-state index contributed by atoms with van der Waals surface area (Å²) in [7, 11) is 0. The number of aromatic nitrogens is 3. The van der Waals surface area contributed by atoms with Crippen molar-refractivity contribution in [3.8, 4) is 5.69 Å². The molecule has 1 amide bonds. The fourth-order valence-corrected chi connectivity index (χ4v) is 2.93. The summed E-state index contributed by atoms with van der Waals surface area (Å²) in [4.78, 5) is 12.7. The van der Waals surface area contributed by atoms with Crippen LogP contribution in [0.15, 0.2) is 49.1 Å². The molecule has 1 N–H and O–H groups in total. The Morgan fingerprint density at radius 1 is 0.962 bits per heavy atom. The van der Waals surface area contributed by atoms with Crippen LogP contribution in [0.1, 0.15) is 47.8 Å². The molecule has 0 atom stereocenters. The number of carbonyl (C=O) groups is 1. The molecule has 5 heteroatoms. The first kappa shape index (κ1) is 17.9. The number of nitrogens with one attached hydrogen (secondary N) is 1. The molecule has 0 unspecified atom stereocenters. The number of nitrogens with zero attached hydrogens (tertiary/aromatic N) is 3. The van der Waals surface area contributed by atoms with Crippen LogP contribution in [0.5, 0.6) is 0 Å². The second-order valence-electron chi connectivity index (χ2n) is 7.61. The van der Waals surface area contributed by atoms with E-state index in [1.807, 2.05) is 54.8 Å². The van der Waals surface area contributed by atoms with Gasteiger partial charge in [0.1, 0.15) is 12.7 Å². The maximum absolute atomic E-state index is 12.7. The molecule has 3 aromatic rings. The van der Waals surface area contributed by atoms with Crippen LogP contribution >= 0.6 is 0 Å². The smallest absolute Gasteiger partial charge is 0.255 e. The fraction of sp³-hybridized carbons (Fsp3) is 0.286. The van der Waals surface area contributed by atoms with Crippen molar-refractivity contribution in [1.29, 1.82) is 0 Å². The van der Waals surface area contributed by atoms with Gasteiger partial charge in [0.2, 0.25) is 0 Å². The number of benzene rings is 2. The Bertz CT molecular complexity index is 897. The van der Waals surface area contributed by atoms with E-state index in [-0.39, 0.29) is 11.3 Å². The SMILES string of the molecule is Cc1cc(-n2cnnc2)cc(C)c1NC(=O)c1ccc(C(C)(C)C)cc1. The van der Waals surface area contributed by atoms with Gasteiger partial charge in [-0.05, 0) is 60.2 Å². The molecule has 134 valence electrons. The Morgan fingerprint density at radius 3 is 2.00 bits per heavy atom. The first-order valence-corrected chi connectivity index (χ1v) is 8.64. The minimum atomic E-state index is -0.103. The summed E-state index contributed by atoms with van der Waals surface area (Å²) in [5, 5.41) is 10.7. The normalized spacial score (nSPS) is 11.4. The van der Waals surface area contributed by atoms with E-state index in [9.17, 15) is 4.79 Å². The summed E-state index contributed by atoms with van der Waals surface area (Å²) in [6.45, 7) is 10.4. The fourth-order valence-electron chi connectivity index (χ4n) is 2.93. The minimum absolute atomic E-state index is 0.0696. The number of carbonyl (C=O) groups excluding carboxylic acids is 1. The number of hydrogen-bond donors (Lipinski definition) is 1. The maximum Gasteiger partial charge on any atom is 0.255 e. The molecule has 0 aliphatic heterocycles. The molecule has 0 saturated heterocycles. The predicted octanol–water partition coefficient (Wildman–Crippen LogP) is 4.43. The van der Waals surface area contributed by atoms with Crippen LogP contribution in [0.25, 0.3) is 5.69 Å². The van der Waals surface area contributed by atoms with Gasteiger partial charge in [-0.2, -0.15) is 0 Å². The molecule has 0 bridgehead atoms. The molecule has 0 fully saturated rings. The lowest BCUT2D eigenvalue weighted by atomic mass is 9.86. The molecule has 0 aliphatic rings. The van der Waals surface area contributed by atoms with Crippen molar-refractivity contribution >= 4 is 11.6 Å². The van der Waals surface area contributed by atoms with Crippen LogP contribution in [0.4, 0.5) is 5.69 Å². The highest BCUT2D eigenvalue weighted by atomic mass is 16.1. The van der Waals surface area contributed by atoms with Crippen molar-refractivity contribution in [2.24, 2.45) is 0 Å². The van der Waals surface area contributed by atoms with Gasteiger partial charge in [0, 0.05) is 16.9 Å². The van der Waals surface area contributed by atoms with Gasteiger partial charge in [0.05, 0.1) is 0 Å². The average molecular weight is 348 g/mol. The van der Waals surface area contributed by atoms with Gasteiger partial charge in [-0.15, -0.1) is 10.2 Å². The standard InChI is InChI=1S/C21H24N4O/c1-14-10-18(25-12-22-23-13-25)11-15(2)19(14)24-20(26)16-6-8-17(9-7-16)21(3,4)5/h6-13H,1-5H3,(H,24,26). The van der Waals surface area contributed by atoms with Gasteiger partial charge < -0.3 is 5.32 Å². The molecule has 3 rings (SSSR count). The second kappa shape index (κ2) is 6.75. The van der Waals surface area contributed by atoms with Gasteiger partial charge in [-0.25, -0.2) is 0 Å². The van der Waals surface area contributed by atoms with E-state index in [4.69, 9.17) is 0 Å². The van der Waals surface area contributed by atoms with E-state index >= 15 is 0 Å². The summed E-state index contributed by atoms with van der Waals surface area (Å²) in [6.07, 6.45) is 3.31. The molecule has 26 heavy (non-hydrogen) atoms. The van der Waals surface area contributed by atoms with Crippen molar-refractivity contribution < 1.29 is 4.79 Å². The Hall–Kier alpha value is -2.95. The van der Waals surface area contributed by atoms with Gasteiger partial charge in [0.25, 0.3) is 5.91 Å². The van der Waals surface area contributed by atoms with E-state index < -0.39 is 0 Å². The topological polar surface area (TPSA) is 59.8 Å². The van der Waals surface area contributed by atoms with Crippen LogP contribution in [0.3, 0.4) is 0 Å². The number of anilines is 1. The lowest BCUT2D eigenvalue weighted by molar-refractivity contribution is 0.102. The summed E-state index contributed by atoms with van der Waals surface area (Å²) < 4.78 is 1.84. The lowest BCUT2D eigenvalue weighted by Gasteiger charge is -2.19. The summed E-state index contributed by atoms with van der Waals surface area (Å²) in [5.74, 6) is -0.103. The summed E-state index contributed by atoms with van der Waals surface area (Å²) in [5.41, 5.74) is 5.73. The largest absolute Gasteiger partial charge is 0.322 e. The number of hydrogen-bond acceptors (Lipinski definition) is 3. The van der Waals surface area contributed by atoms with Gasteiger partial charge in [-0.3, -0.25) is 9.36 Å². The van der Waals surface area contributed by atoms with E-state index in [1.165, 1.54) is 5.56 Å². The summed E-state index contributed by atoms with van der Waals surface area (Å²) >= 11 is 0. The highest BCUT2D eigenvalue weighted by Gasteiger charge is 2.15. The number of aryl methyl sites for hydroxylation is 2. The zero-order valence-electron chi connectivity index (χ0n) is 15.9. The van der Waals surface area contributed by atoms with E-state index in [1.54, 1.807) is 12.7 Å². The van der Waals surface area contributed by atoms with E-state index in [0.29, 0.717) is 5.56 Å². The highest BCUT2D eigenvalue weighted by Crippen LogP contribution is 2.26. The van der Waals surface area contributed by atoms with Crippen molar-refractivity contribution in [1.82, 2.24) is 14.8 Å². The van der Waals surface area contributed by atoms with Crippen LogP contribution in [-0.2, 0) is 5.41 Å². The van der Waals surface area contributed by atoms with Gasteiger partial charge in [-0.1, -0.05) is 32.9 Å². The van der Waals surface area contributed by atoms with Crippen LogP contribution in [0.2, 0.25) is 0 Å². The Balaban J connectivity index is 1.83. The summed E-state index contributed by atoms with van der Waals surface area (Å²) in [6, 6.07) is 11.8. The van der Waals surface area contributed by atoms with Crippen LogP contribution in [0, 0.1) is 13.8 Å². The van der Waals surface area contributed by atoms with Crippen molar-refractivity contribution in [3.05, 3.63) is 71.3 Å². The van der Waals surface area contributed by atoms with Crippen molar-refractivity contribution in [2.45, 2.75) is 40.0 Å². The first-order valence-electron chi connectivity index (χ1n) is 8.64.